The minimum Gasteiger partial charge on any atom is -0.441 e. The fraction of sp³-hybridized carbons (Fsp3) is 0.538. The Labute approximate surface area is 149 Å². The molecule has 1 amide bonds. The molecule has 1 atom stereocenters. The molecule has 140 valence electrons. The van der Waals surface area contributed by atoms with Crippen LogP contribution >= 0.6 is 12.4 Å². The minimum absolute atomic E-state index is 0. The highest BCUT2D eigenvalue weighted by Gasteiger charge is 2.32. The second kappa shape index (κ2) is 9.32. The summed E-state index contributed by atoms with van der Waals surface area (Å²) < 4.78 is 15.5. The van der Waals surface area contributed by atoms with Gasteiger partial charge in [0.25, 0.3) is 0 Å². The quantitative estimate of drug-likeness (QED) is 0.406. The maximum absolute atomic E-state index is 11.8. The predicted molar refractivity (Wildman–Crippen MR) is 88.1 cm³/mol. The SMILES string of the molecule is Cl.O.O=C1OC(CN2CCOCC2)CN1/N=C/c1ccc([N+](=O)[O-])o1. The van der Waals surface area contributed by atoms with Gasteiger partial charge in [-0.3, -0.25) is 15.0 Å². The van der Waals surface area contributed by atoms with Crippen LogP contribution < -0.4 is 0 Å². The summed E-state index contributed by atoms with van der Waals surface area (Å²) >= 11 is 0. The highest BCUT2D eigenvalue weighted by Crippen LogP contribution is 2.16. The minimum atomic E-state index is -0.639. The number of morpholine rings is 1. The number of halogens is 1. The van der Waals surface area contributed by atoms with Crippen LogP contribution in [0, 0.1) is 10.1 Å². The molecule has 3 heterocycles. The molecule has 1 unspecified atom stereocenters. The van der Waals surface area contributed by atoms with Crippen LogP contribution in [0.5, 0.6) is 0 Å². The van der Waals surface area contributed by atoms with Gasteiger partial charge in [0.15, 0.2) is 5.76 Å². The van der Waals surface area contributed by atoms with Crippen LogP contribution in [0.15, 0.2) is 21.7 Å². The Hall–Kier alpha value is -2.21. The van der Waals surface area contributed by atoms with Crippen molar-refractivity contribution in [3.63, 3.8) is 0 Å². The number of nitro groups is 1. The summed E-state index contributed by atoms with van der Waals surface area (Å²) in [7, 11) is 0. The molecule has 2 saturated heterocycles. The molecule has 1 aromatic heterocycles. The number of carbonyl (C=O) groups is 1. The number of amides is 1. The number of hydrogen-bond acceptors (Lipinski definition) is 8. The van der Waals surface area contributed by atoms with Gasteiger partial charge in [0.2, 0.25) is 0 Å². The summed E-state index contributed by atoms with van der Waals surface area (Å²) in [6, 6.07) is 2.64. The molecule has 0 aliphatic carbocycles. The largest absolute Gasteiger partial charge is 0.441 e. The molecule has 0 saturated carbocycles. The summed E-state index contributed by atoms with van der Waals surface area (Å²) in [4.78, 5) is 23.8. The Morgan fingerprint density at radius 2 is 2.08 bits per heavy atom. The first-order valence-electron chi connectivity index (χ1n) is 7.18. The molecule has 2 aliphatic rings. The number of hydrazone groups is 1. The second-order valence-corrected chi connectivity index (χ2v) is 5.18. The van der Waals surface area contributed by atoms with Crippen molar-refractivity contribution < 1.29 is 29.1 Å². The van der Waals surface area contributed by atoms with E-state index in [0.717, 1.165) is 13.1 Å². The molecule has 25 heavy (non-hydrogen) atoms. The van der Waals surface area contributed by atoms with Crippen LogP contribution in [0.3, 0.4) is 0 Å². The molecule has 0 aromatic carbocycles. The average molecular weight is 379 g/mol. The monoisotopic (exact) mass is 378 g/mol. The first kappa shape index (κ1) is 20.8. The molecule has 2 N–H and O–H groups in total. The van der Waals surface area contributed by atoms with Crippen molar-refractivity contribution in [2.45, 2.75) is 6.10 Å². The highest BCUT2D eigenvalue weighted by molar-refractivity contribution is 5.85. The van der Waals surface area contributed by atoms with E-state index in [4.69, 9.17) is 13.9 Å². The number of cyclic esters (lactones) is 1. The molecule has 0 bridgehead atoms. The number of furan rings is 1. The molecule has 0 spiro atoms. The van der Waals surface area contributed by atoms with Crippen molar-refractivity contribution in [1.29, 1.82) is 0 Å². The van der Waals surface area contributed by atoms with Gasteiger partial charge in [-0.2, -0.15) is 10.1 Å². The molecule has 1 aromatic rings. The number of nitrogens with zero attached hydrogens (tertiary/aromatic N) is 4. The highest BCUT2D eigenvalue weighted by atomic mass is 35.5. The van der Waals surface area contributed by atoms with Crippen LogP contribution in [0.2, 0.25) is 0 Å². The lowest BCUT2D eigenvalue weighted by atomic mass is 10.3. The van der Waals surface area contributed by atoms with Gasteiger partial charge in [-0.1, -0.05) is 0 Å². The van der Waals surface area contributed by atoms with E-state index in [2.05, 4.69) is 10.0 Å². The van der Waals surface area contributed by atoms with E-state index in [1.54, 1.807) is 0 Å². The second-order valence-electron chi connectivity index (χ2n) is 5.18. The lowest BCUT2D eigenvalue weighted by molar-refractivity contribution is -0.402. The summed E-state index contributed by atoms with van der Waals surface area (Å²) in [5.74, 6) is -0.179. The van der Waals surface area contributed by atoms with Crippen LogP contribution in [0.25, 0.3) is 0 Å². The Morgan fingerprint density at radius 3 is 2.72 bits per heavy atom. The summed E-state index contributed by atoms with van der Waals surface area (Å²) in [6.07, 6.45) is 0.454. The Kier molecular flexibility index (Phi) is 7.77. The lowest BCUT2D eigenvalue weighted by Crippen LogP contribution is -2.41. The van der Waals surface area contributed by atoms with Crippen molar-refractivity contribution in [3.05, 3.63) is 28.0 Å². The maximum Gasteiger partial charge on any atom is 0.433 e. The van der Waals surface area contributed by atoms with Crippen molar-refractivity contribution in [2.24, 2.45) is 5.10 Å². The number of hydrogen-bond donors (Lipinski definition) is 0. The Morgan fingerprint density at radius 1 is 1.36 bits per heavy atom. The molecular formula is C13H19ClN4O7. The Bertz CT molecular complexity index is 617. The number of carbonyl (C=O) groups excluding carboxylic acids is 1. The predicted octanol–water partition coefficient (Wildman–Crippen LogP) is 0.272. The molecule has 11 nitrogen and oxygen atoms in total. The Balaban J connectivity index is 0.00000156. The van der Waals surface area contributed by atoms with Crippen LogP contribution in [0.4, 0.5) is 10.7 Å². The van der Waals surface area contributed by atoms with E-state index in [-0.39, 0.29) is 35.6 Å². The fourth-order valence-corrected chi connectivity index (χ4v) is 2.41. The maximum atomic E-state index is 11.8. The molecule has 2 aliphatic heterocycles. The van der Waals surface area contributed by atoms with Gasteiger partial charge >= 0.3 is 12.0 Å². The smallest absolute Gasteiger partial charge is 0.433 e. The molecule has 2 fully saturated rings. The fourth-order valence-electron chi connectivity index (χ4n) is 2.41. The van der Waals surface area contributed by atoms with Gasteiger partial charge in [0.1, 0.15) is 11.0 Å². The third-order valence-electron chi connectivity index (χ3n) is 3.54. The van der Waals surface area contributed by atoms with Gasteiger partial charge in [-0.25, -0.2) is 4.79 Å². The van der Waals surface area contributed by atoms with Crippen LogP contribution in [-0.4, -0.2) is 78.1 Å². The van der Waals surface area contributed by atoms with E-state index < -0.39 is 11.0 Å². The van der Waals surface area contributed by atoms with Gasteiger partial charge in [0, 0.05) is 19.6 Å². The van der Waals surface area contributed by atoms with E-state index in [9.17, 15) is 14.9 Å². The number of ether oxygens (including phenoxy) is 2. The standard InChI is InChI=1S/C13H16N4O6.ClH.H2O/c18-13-16(14-7-10-1-2-12(22-10)17(19)20)9-11(23-13)8-15-3-5-21-6-4-15;;/h1-2,7,11H,3-6,8-9H2;1H;1H2/b14-7+;;. The summed E-state index contributed by atoms with van der Waals surface area (Å²) in [6.45, 7) is 3.95. The van der Waals surface area contributed by atoms with Gasteiger partial charge in [-0.15, -0.1) is 12.4 Å². The van der Waals surface area contributed by atoms with Gasteiger partial charge in [0.05, 0.1) is 32.0 Å². The van der Waals surface area contributed by atoms with E-state index >= 15 is 0 Å². The molecule has 3 rings (SSSR count). The summed E-state index contributed by atoms with van der Waals surface area (Å²) in [5, 5.41) is 15.7. The lowest BCUT2D eigenvalue weighted by Gasteiger charge is -2.27. The van der Waals surface area contributed by atoms with E-state index in [0.29, 0.717) is 26.3 Å². The van der Waals surface area contributed by atoms with Crippen LogP contribution in [-0.2, 0) is 9.47 Å². The van der Waals surface area contributed by atoms with E-state index in [1.807, 2.05) is 0 Å². The third kappa shape index (κ3) is 5.39. The zero-order chi connectivity index (χ0) is 16.2. The van der Waals surface area contributed by atoms with Crippen molar-refractivity contribution >= 4 is 30.6 Å². The van der Waals surface area contributed by atoms with Crippen molar-refractivity contribution in [1.82, 2.24) is 9.91 Å². The van der Waals surface area contributed by atoms with Gasteiger partial charge < -0.3 is 19.4 Å². The molecule has 12 heteroatoms. The molecule has 0 radical (unpaired) electrons. The van der Waals surface area contributed by atoms with Gasteiger partial charge in [-0.05, 0) is 6.07 Å². The number of rotatable bonds is 5. The zero-order valence-corrected chi connectivity index (χ0v) is 14.0. The summed E-state index contributed by atoms with van der Waals surface area (Å²) in [5.41, 5.74) is 0. The average Bonchev–Trinajstić information content (AvgIpc) is 3.13. The third-order valence-corrected chi connectivity index (χ3v) is 3.54. The van der Waals surface area contributed by atoms with E-state index in [1.165, 1.54) is 23.4 Å². The first-order chi connectivity index (χ1) is 11.1. The first-order valence-corrected chi connectivity index (χ1v) is 7.18. The zero-order valence-electron chi connectivity index (χ0n) is 13.2. The van der Waals surface area contributed by atoms with Crippen LogP contribution in [0.1, 0.15) is 5.76 Å². The van der Waals surface area contributed by atoms with Crippen molar-refractivity contribution in [2.75, 3.05) is 39.4 Å². The topological polar surface area (TPSA) is 142 Å². The normalized spacial score (nSPS) is 20.9. The molecular weight excluding hydrogens is 360 g/mol. The van der Waals surface area contributed by atoms with Crippen molar-refractivity contribution in [3.8, 4) is 0 Å².